The van der Waals surface area contributed by atoms with Crippen LogP contribution in [0.1, 0.15) is 16.7 Å². The van der Waals surface area contributed by atoms with Crippen molar-refractivity contribution in [2.75, 3.05) is 32.8 Å². The van der Waals surface area contributed by atoms with Gasteiger partial charge in [-0.1, -0.05) is 12.1 Å². The molecule has 1 heterocycles. The summed E-state index contributed by atoms with van der Waals surface area (Å²) in [5.74, 6) is 0.949. The van der Waals surface area contributed by atoms with Gasteiger partial charge in [0.1, 0.15) is 5.75 Å². The summed E-state index contributed by atoms with van der Waals surface area (Å²) in [4.78, 5) is 14.0. The second-order valence-corrected chi connectivity index (χ2v) is 5.19. The van der Waals surface area contributed by atoms with Gasteiger partial charge in [-0.05, 0) is 37.5 Å². The topological polar surface area (TPSA) is 46.1 Å². The summed E-state index contributed by atoms with van der Waals surface area (Å²) in [6.07, 6.45) is 0. The number of ether oxygens (including phenoxy) is 1. The highest BCUT2D eigenvalue weighted by molar-refractivity contribution is 5.78. The van der Waals surface area contributed by atoms with Crippen LogP contribution in [-0.4, -0.2) is 43.6 Å². The maximum absolute atomic E-state index is 12.1. The summed E-state index contributed by atoms with van der Waals surface area (Å²) < 4.78 is 5.76. The summed E-state index contributed by atoms with van der Waals surface area (Å²) in [5.41, 5.74) is 3.41. The van der Waals surface area contributed by atoms with E-state index >= 15 is 0 Å². The Morgan fingerprint density at radius 1 is 1.21 bits per heavy atom. The maximum Gasteiger partial charge on any atom is 0.260 e. The fourth-order valence-electron chi connectivity index (χ4n) is 2.37. The number of amides is 1. The first-order valence-corrected chi connectivity index (χ1v) is 6.88. The molecule has 1 fully saturated rings. The van der Waals surface area contributed by atoms with Gasteiger partial charge in [-0.25, -0.2) is 0 Å². The van der Waals surface area contributed by atoms with Gasteiger partial charge in [-0.15, -0.1) is 0 Å². The van der Waals surface area contributed by atoms with E-state index in [1.54, 1.807) is 0 Å². The van der Waals surface area contributed by atoms with E-state index in [0.29, 0.717) is 0 Å². The third-order valence-corrected chi connectivity index (χ3v) is 3.77. The fourth-order valence-corrected chi connectivity index (χ4v) is 2.37. The van der Waals surface area contributed by atoms with Gasteiger partial charge in [-0.2, -0.15) is 0 Å². The van der Waals surface area contributed by atoms with Crippen LogP contribution >= 0.6 is 0 Å². The zero-order valence-corrected chi connectivity index (χ0v) is 12.0. The molecule has 1 aliphatic heterocycles. The van der Waals surface area contributed by atoms with Crippen molar-refractivity contribution in [3.63, 3.8) is 0 Å². The lowest BCUT2D eigenvalue weighted by Crippen LogP contribution is -2.90. The van der Waals surface area contributed by atoms with Gasteiger partial charge in [0, 0.05) is 0 Å². The van der Waals surface area contributed by atoms with E-state index in [4.69, 9.17) is 4.74 Å². The van der Waals surface area contributed by atoms with Crippen molar-refractivity contribution in [1.29, 1.82) is 0 Å². The number of carbonyl (C=O) groups is 1. The average Bonchev–Trinajstić information content (AvgIpc) is 2.44. The Morgan fingerprint density at radius 2 is 1.84 bits per heavy atom. The molecule has 0 aromatic heterocycles. The SMILES string of the molecule is Cc1ccc(C)c(OCC(=O)N2CC[NH2+]CC2)c1C. The van der Waals surface area contributed by atoms with Gasteiger partial charge in [0.05, 0.1) is 26.2 Å². The quantitative estimate of drug-likeness (QED) is 0.858. The first-order chi connectivity index (χ1) is 9.09. The highest BCUT2D eigenvalue weighted by atomic mass is 16.5. The average molecular weight is 263 g/mol. The number of benzene rings is 1. The molecule has 0 aliphatic carbocycles. The molecular formula is C15H23N2O2+. The molecule has 0 radical (unpaired) electrons. The zero-order valence-electron chi connectivity index (χ0n) is 12.0. The number of hydrogen-bond acceptors (Lipinski definition) is 2. The molecule has 4 nitrogen and oxygen atoms in total. The number of hydrogen-bond donors (Lipinski definition) is 1. The molecule has 2 rings (SSSR count). The summed E-state index contributed by atoms with van der Waals surface area (Å²) in [6, 6.07) is 4.12. The van der Waals surface area contributed by atoms with Crippen LogP contribution in [-0.2, 0) is 4.79 Å². The van der Waals surface area contributed by atoms with E-state index in [0.717, 1.165) is 43.1 Å². The normalized spacial score (nSPS) is 15.4. The molecule has 2 N–H and O–H groups in total. The molecule has 1 aliphatic rings. The van der Waals surface area contributed by atoms with Crippen molar-refractivity contribution in [3.8, 4) is 5.75 Å². The zero-order chi connectivity index (χ0) is 13.8. The van der Waals surface area contributed by atoms with E-state index in [1.165, 1.54) is 5.56 Å². The predicted molar refractivity (Wildman–Crippen MR) is 74.4 cm³/mol. The van der Waals surface area contributed by atoms with Crippen LogP contribution < -0.4 is 10.1 Å². The van der Waals surface area contributed by atoms with E-state index in [9.17, 15) is 4.79 Å². The van der Waals surface area contributed by atoms with Crippen molar-refractivity contribution in [2.24, 2.45) is 0 Å². The highest BCUT2D eigenvalue weighted by Crippen LogP contribution is 2.25. The van der Waals surface area contributed by atoms with Crippen LogP contribution in [0.5, 0.6) is 5.75 Å². The second kappa shape index (κ2) is 6.06. The van der Waals surface area contributed by atoms with E-state index in [1.807, 2.05) is 24.8 Å². The third kappa shape index (κ3) is 3.26. The minimum Gasteiger partial charge on any atom is -0.483 e. The van der Waals surface area contributed by atoms with Crippen LogP contribution in [0.15, 0.2) is 12.1 Å². The molecule has 4 heteroatoms. The smallest absolute Gasteiger partial charge is 0.260 e. The summed E-state index contributed by atoms with van der Waals surface area (Å²) in [7, 11) is 0. The monoisotopic (exact) mass is 263 g/mol. The van der Waals surface area contributed by atoms with Crippen molar-refractivity contribution in [3.05, 3.63) is 28.8 Å². The third-order valence-electron chi connectivity index (χ3n) is 3.77. The Balaban J connectivity index is 1.98. The van der Waals surface area contributed by atoms with Crippen LogP contribution in [0, 0.1) is 20.8 Å². The lowest BCUT2D eigenvalue weighted by atomic mass is 10.1. The Labute approximate surface area is 114 Å². The number of piperazine rings is 1. The van der Waals surface area contributed by atoms with E-state index in [-0.39, 0.29) is 12.5 Å². The van der Waals surface area contributed by atoms with Crippen molar-refractivity contribution < 1.29 is 14.8 Å². The summed E-state index contributed by atoms with van der Waals surface area (Å²) >= 11 is 0. The molecule has 1 aromatic rings. The van der Waals surface area contributed by atoms with Crippen LogP contribution in [0.2, 0.25) is 0 Å². The molecule has 1 amide bonds. The minimum absolute atomic E-state index is 0.0911. The lowest BCUT2D eigenvalue weighted by molar-refractivity contribution is -0.662. The standard InChI is InChI=1S/C15H22N2O2/c1-11-4-5-12(2)15(13(11)3)19-10-14(18)17-8-6-16-7-9-17/h4-5,16H,6-10H2,1-3H3/p+1. The van der Waals surface area contributed by atoms with Gasteiger partial charge in [0.15, 0.2) is 6.61 Å². The molecule has 1 aromatic carbocycles. The molecule has 0 spiro atoms. The summed E-state index contributed by atoms with van der Waals surface area (Å²) in [5, 5.41) is 2.24. The predicted octanol–water partition coefficient (Wildman–Crippen LogP) is 0.396. The number of rotatable bonds is 3. The van der Waals surface area contributed by atoms with Crippen molar-refractivity contribution in [1.82, 2.24) is 4.90 Å². The number of nitrogens with two attached hydrogens (primary N) is 1. The van der Waals surface area contributed by atoms with Gasteiger partial charge in [0.2, 0.25) is 0 Å². The number of nitrogens with zero attached hydrogens (tertiary/aromatic N) is 1. The number of quaternary nitrogens is 1. The highest BCUT2D eigenvalue weighted by Gasteiger charge is 2.19. The van der Waals surface area contributed by atoms with Crippen molar-refractivity contribution >= 4 is 5.91 Å². The van der Waals surface area contributed by atoms with Gasteiger partial charge >= 0.3 is 0 Å². The molecule has 19 heavy (non-hydrogen) atoms. The minimum atomic E-state index is 0.0911. The fraction of sp³-hybridized carbons (Fsp3) is 0.533. The summed E-state index contributed by atoms with van der Waals surface area (Å²) in [6.45, 7) is 9.90. The number of aryl methyl sites for hydroxylation is 2. The first kappa shape index (κ1) is 13.9. The lowest BCUT2D eigenvalue weighted by Gasteiger charge is -2.25. The largest absolute Gasteiger partial charge is 0.483 e. The molecule has 0 saturated carbocycles. The second-order valence-electron chi connectivity index (χ2n) is 5.19. The van der Waals surface area contributed by atoms with Crippen molar-refractivity contribution in [2.45, 2.75) is 20.8 Å². The van der Waals surface area contributed by atoms with Crippen LogP contribution in [0.25, 0.3) is 0 Å². The Morgan fingerprint density at radius 3 is 2.53 bits per heavy atom. The van der Waals surface area contributed by atoms with Gasteiger partial charge < -0.3 is 15.0 Å². The van der Waals surface area contributed by atoms with Gasteiger partial charge in [0.25, 0.3) is 5.91 Å². The van der Waals surface area contributed by atoms with Crippen LogP contribution in [0.3, 0.4) is 0 Å². The molecule has 1 saturated heterocycles. The molecular weight excluding hydrogens is 240 g/mol. The van der Waals surface area contributed by atoms with E-state index in [2.05, 4.69) is 18.3 Å². The first-order valence-electron chi connectivity index (χ1n) is 6.88. The maximum atomic E-state index is 12.1. The molecule has 104 valence electrons. The Hall–Kier alpha value is -1.55. The molecule has 0 unspecified atom stereocenters. The molecule has 0 bridgehead atoms. The number of carbonyl (C=O) groups excluding carboxylic acids is 1. The van der Waals surface area contributed by atoms with Crippen LogP contribution in [0.4, 0.5) is 0 Å². The Kier molecular flexibility index (Phi) is 4.43. The van der Waals surface area contributed by atoms with Gasteiger partial charge in [-0.3, -0.25) is 4.79 Å². The molecule has 0 atom stereocenters. The Bertz CT molecular complexity index is 465. The van der Waals surface area contributed by atoms with E-state index < -0.39 is 0 Å².